The molecule has 2 aromatic carbocycles. The van der Waals surface area contributed by atoms with Crippen molar-refractivity contribution < 1.29 is 27.5 Å². The monoisotopic (exact) mass is 435 g/mol. The Kier molecular flexibility index (Phi) is 6.22. The minimum Gasteiger partial charge on any atom is -0.437 e. The van der Waals surface area contributed by atoms with E-state index in [1.165, 1.54) is 24.3 Å². The molecule has 30 heavy (non-hydrogen) atoms. The van der Waals surface area contributed by atoms with Crippen molar-refractivity contribution in [3.8, 4) is 11.6 Å². The number of carbonyl (C=O) groups excluding carboxylic acids is 2. The summed E-state index contributed by atoms with van der Waals surface area (Å²) in [7, 11) is 0. The summed E-state index contributed by atoms with van der Waals surface area (Å²) in [5.41, 5.74) is -0.420. The maximum Gasteiger partial charge on any atom is 0.417 e. The Hall–Kier alpha value is -3.59. The van der Waals surface area contributed by atoms with Crippen LogP contribution < -0.4 is 15.4 Å². The van der Waals surface area contributed by atoms with Crippen molar-refractivity contribution in [2.24, 2.45) is 0 Å². The number of pyridine rings is 1. The second-order valence-electron chi connectivity index (χ2n) is 5.91. The maximum atomic E-state index is 12.7. The second-order valence-corrected chi connectivity index (χ2v) is 6.32. The van der Waals surface area contributed by atoms with E-state index >= 15 is 0 Å². The molecule has 6 nitrogen and oxygen atoms in total. The quantitative estimate of drug-likeness (QED) is 0.566. The lowest BCUT2D eigenvalue weighted by molar-refractivity contribution is -0.137. The highest BCUT2D eigenvalue weighted by Crippen LogP contribution is 2.34. The van der Waals surface area contributed by atoms with Gasteiger partial charge in [-0.25, -0.2) is 9.78 Å². The van der Waals surface area contributed by atoms with E-state index in [4.69, 9.17) is 16.3 Å². The van der Waals surface area contributed by atoms with E-state index in [1.54, 1.807) is 30.3 Å². The molecule has 0 unspecified atom stereocenters. The van der Waals surface area contributed by atoms with Crippen molar-refractivity contribution in [3.63, 3.8) is 0 Å². The van der Waals surface area contributed by atoms with Crippen LogP contribution in [-0.4, -0.2) is 16.9 Å². The summed E-state index contributed by atoms with van der Waals surface area (Å²) in [5.74, 6) is -0.650. The Balaban J connectivity index is 1.66. The Morgan fingerprint density at radius 3 is 2.40 bits per heavy atom. The second kappa shape index (κ2) is 8.83. The lowest BCUT2D eigenvalue weighted by atomic mass is 10.2. The van der Waals surface area contributed by atoms with Crippen LogP contribution in [0.15, 0.2) is 66.9 Å². The van der Waals surface area contributed by atoms with Gasteiger partial charge in [-0.2, -0.15) is 13.2 Å². The van der Waals surface area contributed by atoms with Gasteiger partial charge in [-0.3, -0.25) is 10.1 Å². The van der Waals surface area contributed by atoms with Crippen LogP contribution in [0.1, 0.15) is 15.9 Å². The number of benzene rings is 2. The molecule has 0 fully saturated rings. The average Bonchev–Trinajstić information content (AvgIpc) is 2.69. The predicted molar refractivity (Wildman–Crippen MR) is 104 cm³/mol. The van der Waals surface area contributed by atoms with Gasteiger partial charge < -0.3 is 10.1 Å². The van der Waals surface area contributed by atoms with Gasteiger partial charge >= 0.3 is 12.2 Å². The van der Waals surface area contributed by atoms with Crippen molar-refractivity contribution in [2.75, 3.05) is 5.32 Å². The summed E-state index contributed by atoms with van der Waals surface area (Å²) in [6.45, 7) is 0. The van der Waals surface area contributed by atoms with E-state index in [1.807, 2.05) is 0 Å². The van der Waals surface area contributed by atoms with Gasteiger partial charge in [-0.15, -0.1) is 0 Å². The summed E-state index contributed by atoms with van der Waals surface area (Å²) in [6.07, 6.45) is -3.98. The van der Waals surface area contributed by atoms with Crippen LogP contribution in [0.5, 0.6) is 11.6 Å². The van der Waals surface area contributed by atoms with Crippen LogP contribution in [0.25, 0.3) is 0 Å². The van der Waals surface area contributed by atoms with Crippen molar-refractivity contribution in [1.82, 2.24) is 10.3 Å². The van der Waals surface area contributed by atoms with Crippen LogP contribution in [0.2, 0.25) is 5.02 Å². The number of alkyl halides is 3. The molecule has 0 radical (unpaired) electrons. The first-order valence-electron chi connectivity index (χ1n) is 8.40. The summed E-state index contributed by atoms with van der Waals surface area (Å²) in [5, 5.41) is 4.31. The third-order valence-electron chi connectivity index (χ3n) is 3.70. The zero-order chi connectivity index (χ0) is 21.7. The fraction of sp³-hybridized carbons (Fsp3) is 0.0500. The standard InChI is InChI=1S/C20H13ClF3N3O3/c21-16-9-13(20(22,23)24)11-25-18(16)30-15-8-4-7-14(10-15)26-19(29)27-17(28)12-5-2-1-3-6-12/h1-11H,(H2,26,27,28,29). The largest absolute Gasteiger partial charge is 0.437 e. The zero-order valence-electron chi connectivity index (χ0n) is 15.0. The number of ether oxygens (including phenoxy) is 1. The van der Waals surface area contributed by atoms with Crippen LogP contribution >= 0.6 is 11.6 Å². The Morgan fingerprint density at radius 2 is 1.73 bits per heavy atom. The molecule has 3 amide bonds. The van der Waals surface area contributed by atoms with Gasteiger partial charge in [0, 0.05) is 23.5 Å². The minimum absolute atomic E-state index is 0.163. The number of amides is 3. The molecule has 1 aromatic heterocycles. The highest BCUT2D eigenvalue weighted by atomic mass is 35.5. The fourth-order valence-corrected chi connectivity index (χ4v) is 2.54. The topological polar surface area (TPSA) is 80.3 Å². The number of halogens is 4. The first kappa shape index (κ1) is 21.1. The van der Waals surface area contributed by atoms with Crippen molar-refractivity contribution in [3.05, 3.63) is 83.0 Å². The molecule has 0 aliphatic rings. The Bertz CT molecular complexity index is 1080. The van der Waals surface area contributed by atoms with E-state index in [9.17, 15) is 22.8 Å². The molecule has 3 aromatic rings. The number of hydrogen-bond donors (Lipinski definition) is 2. The molecule has 0 bridgehead atoms. The summed E-state index contributed by atoms with van der Waals surface area (Å²) in [6, 6.07) is 14.0. The predicted octanol–water partition coefficient (Wildman–Crippen LogP) is 5.51. The van der Waals surface area contributed by atoms with Crippen LogP contribution in [0, 0.1) is 0 Å². The fourth-order valence-electron chi connectivity index (χ4n) is 2.33. The summed E-state index contributed by atoms with van der Waals surface area (Å²) in [4.78, 5) is 27.6. The highest BCUT2D eigenvalue weighted by Gasteiger charge is 2.31. The minimum atomic E-state index is -4.58. The van der Waals surface area contributed by atoms with Gasteiger partial charge in [0.25, 0.3) is 5.91 Å². The number of nitrogens with zero attached hydrogens (tertiary/aromatic N) is 1. The van der Waals surface area contributed by atoms with Crippen molar-refractivity contribution >= 4 is 29.2 Å². The molecule has 0 aliphatic heterocycles. The van der Waals surface area contributed by atoms with Crippen molar-refractivity contribution in [1.29, 1.82) is 0 Å². The number of nitrogens with one attached hydrogen (secondary N) is 2. The highest BCUT2D eigenvalue weighted by molar-refractivity contribution is 6.31. The third-order valence-corrected chi connectivity index (χ3v) is 3.97. The number of carbonyl (C=O) groups is 2. The molecular formula is C20H13ClF3N3O3. The number of rotatable bonds is 4. The smallest absolute Gasteiger partial charge is 0.417 e. The van der Waals surface area contributed by atoms with Gasteiger partial charge in [-0.1, -0.05) is 35.9 Å². The van der Waals surface area contributed by atoms with Gasteiger partial charge in [0.2, 0.25) is 5.88 Å². The molecular weight excluding hydrogens is 423 g/mol. The molecule has 1 heterocycles. The number of anilines is 1. The Labute approximate surface area is 173 Å². The van der Waals surface area contributed by atoms with E-state index in [-0.39, 0.29) is 22.3 Å². The van der Waals surface area contributed by atoms with E-state index in [2.05, 4.69) is 15.6 Å². The molecule has 0 saturated carbocycles. The Morgan fingerprint density at radius 1 is 1.00 bits per heavy atom. The maximum absolute atomic E-state index is 12.7. The third kappa shape index (κ3) is 5.48. The van der Waals surface area contributed by atoms with Gasteiger partial charge in [0.15, 0.2) is 0 Å². The number of imide groups is 1. The molecule has 0 aliphatic carbocycles. The number of urea groups is 1. The van der Waals surface area contributed by atoms with Crippen molar-refractivity contribution in [2.45, 2.75) is 6.18 Å². The average molecular weight is 436 g/mol. The molecule has 10 heteroatoms. The van der Waals surface area contributed by atoms with Gasteiger partial charge in [0.1, 0.15) is 10.8 Å². The molecule has 0 saturated heterocycles. The zero-order valence-corrected chi connectivity index (χ0v) is 15.8. The van der Waals surface area contributed by atoms with Crippen LogP contribution in [0.4, 0.5) is 23.7 Å². The first-order valence-corrected chi connectivity index (χ1v) is 8.78. The van der Waals surface area contributed by atoms with E-state index in [0.717, 1.165) is 0 Å². The lowest BCUT2D eigenvalue weighted by Crippen LogP contribution is -2.34. The molecule has 0 atom stereocenters. The molecule has 154 valence electrons. The summed E-state index contributed by atoms with van der Waals surface area (Å²) >= 11 is 5.82. The van der Waals surface area contributed by atoms with Gasteiger partial charge in [-0.05, 0) is 30.3 Å². The number of hydrogen-bond acceptors (Lipinski definition) is 4. The van der Waals surface area contributed by atoms with Crippen LogP contribution in [0.3, 0.4) is 0 Å². The van der Waals surface area contributed by atoms with Gasteiger partial charge in [0.05, 0.1) is 5.56 Å². The lowest BCUT2D eigenvalue weighted by Gasteiger charge is -2.11. The first-order chi connectivity index (χ1) is 14.2. The normalized spacial score (nSPS) is 10.9. The number of aromatic nitrogens is 1. The van der Waals surface area contributed by atoms with E-state index in [0.29, 0.717) is 17.8 Å². The summed E-state index contributed by atoms with van der Waals surface area (Å²) < 4.78 is 43.5. The SMILES string of the molecule is O=C(NC(=O)c1ccccc1)Nc1cccc(Oc2ncc(C(F)(F)F)cc2Cl)c1. The molecule has 0 spiro atoms. The van der Waals surface area contributed by atoms with E-state index < -0.39 is 23.7 Å². The molecule has 3 rings (SSSR count). The van der Waals surface area contributed by atoms with Crippen LogP contribution in [-0.2, 0) is 6.18 Å². The molecule has 2 N–H and O–H groups in total.